The Morgan fingerprint density at radius 3 is 1.62 bits per heavy atom. The van der Waals surface area contributed by atoms with Gasteiger partial charge in [-0.3, -0.25) is 0 Å². The summed E-state index contributed by atoms with van der Waals surface area (Å²) in [5.41, 5.74) is 0. The number of unbranched alkanes of at least 4 members (excludes halogenated alkanes) is 8. The monoisotopic (exact) mass is 246 g/mol. The second-order valence-corrected chi connectivity index (χ2v) is 6.51. The molecule has 0 fully saturated rings. The number of hydrogen-bond donors (Lipinski definition) is 1. The van der Waals surface area contributed by atoms with Crippen molar-refractivity contribution in [2.75, 3.05) is 12.4 Å². The summed E-state index contributed by atoms with van der Waals surface area (Å²) in [6.07, 6.45) is 11.9. The zero-order chi connectivity index (χ0) is 12.1. The van der Waals surface area contributed by atoms with Crippen molar-refractivity contribution >= 4 is 11.8 Å². The molecule has 0 aromatic rings. The lowest BCUT2D eigenvalue weighted by atomic mass is 10.1. The van der Waals surface area contributed by atoms with Crippen LogP contribution in [-0.2, 0) is 0 Å². The Hall–Kier alpha value is 0.310. The summed E-state index contributed by atoms with van der Waals surface area (Å²) in [6.45, 7) is 4.92. The molecule has 0 saturated heterocycles. The van der Waals surface area contributed by atoms with Gasteiger partial charge in [-0.05, 0) is 23.8 Å². The molecule has 16 heavy (non-hydrogen) atoms. The maximum Gasteiger partial charge on any atom is 0.0431 e. The molecule has 2 heteroatoms. The van der Waals surface area contributed by atoms with E-state index in [1.54, 1.807) is 0 Å². The molecular weight excluding hydrogens is 216 g/mol. The molecule has 0 saturated carbocycles. The van der Waals surface area contributed by atoms with Gasteiger partial charge in [0.15, 0.2) is 0 Å². The SMILES string of the molecule is CC(C)SCCCCCCCCCCCO. The Labute approximate surface area is 106 Å². The Morgan fingerprint density at radius 2 is 1.19 bits per heavy atom. The molecule has 0 atom stereocenters. The third kappa shape index (κ3) is 14.3. The van der Waals surface area contributed by atoms with Gasteiger partial charge in [-0.2, -0.15) is 11.8 Å². The largest absolute Gasteiger partial charge is 0.396 e. The highest BCUT2D eigenvalue weighted by Crippen LogP contribution is 2.14. The zero-order valence-electron chi connectivity index (χ0n) is 11.2. The molecule has 0 heterocycles. The first-order valence-corrected chi connectivity index (χ1v) is 8.04. The van der Waals surface area contributed by atoms with Crippen LogP contribution in [0.15, 0.2) is 0 Å². The standard InChI is InChI=1S/C14H30OS/c1-14(2)16-13-11-9-7-5-3-4-6-8-10-12-15/h14-15H,3-13H2,1-2H3. The lowest BCUT2D eigenvalue weighted by Crippen LogP contribution is -1.90. The minimum atomic E-state index is 0.369. The second-order valence-electron chi connectivity index (χ2n) is 4.83. The Balaban J connectivity index is 2.88. The molecule has 0 amide bonds. The molecule has 0 spiro atoms. The van der Waals surface area contributed by atoms with Crippen molar-refractivity contribution in [3.8, 4) is 0 Å². The molecular formula is C14H30OS. The molecule has 0 radical (unpaired) electrons. The highest BCUT2D eigenvalue weighted by Gasteiger charge is 1.95. The van der Waals surface area contributed by atoms with Gasteiger partial charge in [-0.25, -0.2) is 0 Å². The van der Waals surface area contributed by atoms with Crippen molar-refractivity contribution in [2.24, 2.45) is 0 Å². The van der Waals surface area contributed by atoms with Crippen LogP contribution in [0.3, 0.4) is 0 Å². The van der Waals surface area contributed by atoms with Crippen LogP contribution in [-0.4, -0.2) is 22.7 Å². The molecule has 0 unspecified atom stereocenters. The molecule has 0 bridgehead atoms. The van der Waals surface area contributed by atoms with Crippen molar-refractivity contribution in [1.29, 1.82) is 0 Å². The van der Waals surface area contributed by atoms with E-state index in [1.165, 1.54) is 57.1 Å². The summed E-state index contributed by atoms with van der Waals surface area (Å²) < 4.78 is 0. The summed E-state index contributed by atoms with van der Waals surface area (Å²) >= 11 is 2.08. The van der Waals surface area contributed by atoms with E-state index in [2.05, 4.69) is 25.6 Å². The number of aliphatic hydroxyl groups is 1. The molecule has 98 valence electrons. The first-order valence-electron chi connectivity index (χ1n) is 7.00. The quantitative estimate of drug-likeness (QED) is 0.507. The first-order chi connectivity index (χ1) is 7.77. The highest BCUT2D eigenvalue weighted by molar-refractivity contribution is 7.99. The molecule has 0 aliphatic carbocycles. The fourth-order valence-corrected chi connectivity index (χ4v) is 2.61. The highest BCUT2D eigenvalue weighted by atomic mass is 32.2. The van der Waals surface area contributed by atoms with Crippen LogP contribution in [0, 0.1) is 0 Å². The van der Waals surface area contributed by atoms with Crippen LogP contribution >= 0.6 is 11.8 Å². The van der Waals surface area contributed by atoms with Crippen LogP contribution in [0.5, 0.6) is 0 Å². The smallest absolute Gasteiger partial charge is 0.0431 e. The van der Waals surface area contributed by atoms with Gasteiger partial charge in [0.05, 0.1) is 0 Å². The predicted octanol–water partition coefficient (Wildman–Crippen LogP) is 4.63. The summed E-state index contributed by atoms with van der Waals surface area (Å²) in [6, 6.07) is 0. The van der Waals surface area contributed by atoms with E-state index in [-0.39, 0.29) is 0 Å². The Bertz CT molecular complexity index is 126. The van der Waals surface area contributed by atoms with Crippen LogP contribution in [0.25, 0.3) is 0 Å². The van der Waals surface area contributed by atoms with E-state index in [4.69, 9.17) is 5.11 Å². The fraction of sp³-hybridized carbons (Fsp3) is 1.00. The third-order valence-corrected chi connectivity index (χ3v) is 3.94. The van der Waals surface area contributed by atoms with Crippen molar-refractivity contribution in [3.05, 3.63) is 0 Å². The van der Waals surface area contributed by atoms with E-state index in [9.17, 15) is 0 Å². The molecule has 0 aromatic heterocycles. The summed E-state index contributed by atoms with van der Waals surface area (Å²) in [7, 11) is 0. The normalized spacial score (nSPS) is 11.2. The summed E-state index contributed by atoms with van der Waals surface area (Å²) in [4.78, 5) is 0. The number of rotatable bonds is 12. The van der Waals surface area contributed by atoms with E-state index >= 15 is 0 Å². The topological polar surface area (TPSA) is 20.2 Å². The third-order valence-electron chi connectivity index (χ3n) is 2.75. The van der Waals surface area contributed by atoms with Gasteiger partial charge in [0.25, 0.3) is 0 Å². The molecule has 0 rings (SSSR count). The number of thioether (sulfide) groups is 1. The minimum absolute atomic E-state index is 0.369. The van der Waals surface area contributed by atoms with Gasteiger partial charge in [-0.1, -0.05) is 58.8 Å². The van der Waals surface area contributed by atoms with Gasteiger partial charge in [0.2, 0.25) is 0 Å². The number of aliphatic hydroxyl groups excluding tert-OH is 1. The second kappa shape index (κ2) is 13.4. The van der Waals surface area contributed by atoms with E-state index < -0.39 is 0 Å². The summed E-state index contributed by atoms with van der Waals surface area (Å²) in [5.74, 6) is 1.34. The van der Waals surface area contributed by atoms with Crippen molar-refractivity contribution < 1.29 is 5.11 Å². The molecule has 0 aliphatic heterocycles. The molecule has 0 aliphatic rings. The minimum Gasteiger partial charge on any atom is -0.396 e. The Morgan fingerprint density at radius 1 is 0.750 bits per heavy atom. The van der Waals surface area contributed by atoms with Gasteiger partial charge in [-0.15, -0.1) is 0 Å². The van der Waals surface area contributed by atoms with E-state index in [1.807, 2.05) is 0 Å². The maximum absolute atomic E-state index is 8.63. The zero-order valence-corrected chi connectivity index (χ0v) is 12.0. The number of hydrogen-bond acceptors (Lipinski definition) is 2. The van der Waals surface area contributed by atoms with Crippen molar-refractivity contribution in [3.63, 3.8) is 0 Å². The van der Waals surface area contributed by atoms with Crippen LogP contribution in [0.2, 0.25) is 0 Å². The van der Waals surface area contributed by atoms with Crippen LogP contribution < -0.4 is 0 Å². The van der Waals surface area contributed by atoms with Crippen molar-refractivity contribution in [1.82, 2.24) is 0 Å². The van der Waals surface area contributed by atoms with Gasteiger partial charge in [0.1, 0.15) is 0 Å². The average molecular weight is 246 g/mol. The van der Waals surface area contributed by atoms with Gasteiger partial charge < -0.3 is 5.11 Å². The lowest BCUT2D eigenvalue weighted by molar-refractivity contribution is 0.282. The van der Waals surface area contributed by atoms with Gasteiger partial charge in [0, 0.05) is 6.61 Å². The summed E-state index contributed by atoms with van der Waals surface area (Å²) in [5, 5.41) is 9.42. The van der Waals surface area contributed by atoms with Crippen LogP contribution in [0.1, 0.15) is 71.6 Å². The molecule has 1 nitrogen and oxygen atoms in total. The fourth-order valence-electron chi connectivity index (χ4n) is 1.77. The Kier molecular flexibility index (Phi) is 13.6. The van der Waals surface area contributed by atoms with E-state index in [0.717, 1.165) is 11.7 Å². The maximum atomic E-state index is 8.63. The van der Waals surface area contributed by atoms with Crippen LogP contribution in [0.4, 0.5) is 0 Å². The van der Waals surface area contributed by atoms with Gasteiger partial charge >= 0.3 is 0 Å². The average Bonchev–Trinajstić information content (AvgIpc) is 2.25. The van der Waals surface area contributed by atoms with E-state index in [0.29, 0.717) is 6.61 Å². The predicted molar refractivity (Wildman–Crippen MR) is 76.2 cm³/mol. The lowest BCUT2D eigenvalue weighted by Gasteiger charge is -2.04. The first kappa shape index (κ1) is 16.3. The molecule has 1 N–H and O–H groups in total. The van der Waals surface area contributed by atoms with Crippen molar-refractivity contribution in [2.45, 2.75) is 76.9 Å². The molecule has 0 aromatic carbocycles.